The van der Waals surface area contributed by atoms with Gasteiger partial charge in [-0.05, 0) is 50.7 Å². The first kappa shape index (κ1) is 17.5. The summed E-state index contributed by atoms with van der Waals surface area (Å²) in [5.41, 5.74) is 1.75. The van der Waals surface area contributed by atoms with Gasteiger partial charge in [0.05, 0.1) is 12.0 Å². The molecule has 0 heterocycles. The van der Waals surface area contributed by atoms with Crippen LogP contribution in [0.25, 0.3) is 0 Å². The van der Waals surface area contributed by atoms with E-state index in [-0.39, 0.29) is 5.41 Å². The van der Waals surface area contributed by atoms with Gasteiger partial charge in [0.2, 0.25) is 0 Å². The molecule has 0 radical (unpaired) electrons. The number of hydrogen-bond acceptors (Lipinski definition) is 2. The summed E-state index contributed by atoms with van der Waals surface area (Å²) in [7, 11) is 0. The van der Waals surface area contributed by atoms with Crippen molar-refractivity contribution in [2.45, 2.75) is 59.8 Å². The van der Waals surface area contributed by atoms with Crippen LogP contribution in [0.1, 0.15) is 58.6 Å². The van der Waals surface area contributed by atoms with Gasteiger partial charge in [0, 0.05) is 0 Å². The maximum absolute atomic E-state index is 11.1. The lowest BCUT2D eigenvalue weighted by molar-refractivity contribution is -0.147. The molecular formula is C18H28O3. The van der Waals surface area contributed by atoms with Gasteiger partial charge in [-0.1, -0.05) is 38.5 Å². The third-order valence-electron chi connectivity index (χ3n) is 3.73. The minimum Gasteiger partial charge on any atom is -0.493 e. The molecule has 1 rings (SSSR count). The van der Waals surface area contributed by atoms with Crippen LogP contribution in [-0.4, -0.2) is 17.7 Å². The van der Waals surface area contributed by atoms with Crippen molar-refractivity contribution < 1.29 is 14.6 Å². The maximum Gasteiger partial charge on any atom is 0.309 e. The van der Waals surface area contributed by atoms with Crippen LogP contribution in [0.3, 0.4) is 0 Å². The molecule has 0 atom stereocenters. The van der Waals surface area contributed by atoms with Crippen molar-refractivity contribution in [1.29, 1.82) is 0 Å². The molecule has 0 bridgehead atoms. The Balaban J connectivity index is 2.67. The van der Waals surface area contributed by atoms with Gasteiger partial charge in [-0.15, -0.1) is 0 Å². The number of ether oxygens (including phenoxy) is 1. The summed E-state index contributed by atoms with van der Waals surface area (Å²) in [5.74, 6) is 0.148. The highest BCUT2D eigenvalue weighted by Gasteiger charge is 2.26. The Kier molecular flexibility index (Phi) is 5.43. The predicted molar refractivity (Wildman–Crippen MR) is 86.0 cm³/mol. The minimum absolute atomic E-state index is 0.0295. The molecule has 1 N–H and O–H groups in total. The van der Waals surface area contributed by atoms with Crippen molar-refractivity contribution in [2.75, 3.05) is 6.61 Å². The monoisotopic (exact) mass is 292 g/mol. The molecule has 0 aliphatic heterocycles. The largest absolute Gasteiger partial charge is 0.493 e. The second-order valence-corrected chi connectivity index (χ2v) is 7.39. The Morgan fingerprint density at radius 1 is 1.19 bits per heavy atom. The summed E-state index contributed by atoms with van der Waals surface area (Å²) in [5, 5.41) is 9.10. The lowest BCUT2D eigenvalue weighted by Crippen LogP contribution is -2.24. The minimum atomic E-state index is -0.756. The van der Waals surface area contributed by atoms with Crippen LogP contribution in [0.2, 0.25) is 0 Å². The molecule has 21 heavy (non-hydrogen) atoms. The zero-order chi connectivity index (χ0) is 16.3. The van der Waals surface area contributed by atoms with Crippen molar-refractivity contribution in [3.05, 3.63) is 29.3 Å². The van der Waals surface area contributed by atoms with Gasteiger partial charge in [0.25, 0.3) is 0 Å². The zero-order valence-corrected chi connectivity index (χ0v) is 14.1. The molecule has 3 nitrogen and oxygen atoms in total. The van der Waals surface area contributed by atoms with E-state index in [1.807, 2.05) is 12.1 Å². The van der Waals surface area contributed by atoms with E-state index >= 15 is 0 Å². The molecule has 0 unspecified atom stereocenters. The number of hydrogen-bond donors (Lipinski definition) is 1. The van der Waals surface area contributed by atoms with Crippen molar-refractivity contribution >= 4 is 5.97 Å². The summed E-state index contributed by atoms with van der Waals surface area (Å²) in [6, 6.07) is 6.22. The number of carbonyl (C=O) groups is 1. The summed E-state index contributed by atoms with van der Waals surface area (Å²) >= 11 is 0. The molecule has 1 aromatic carbocycles. The number of benzene rings is 1. The molecular weight excluding hydrogens is 264 g/mol. The first-order valence-electron chi connectivity index (χ1n) is 7.51. The van der Waals surface area contributed by atoms with Crippen LogP contribution in [-0.2, 0) is 10.2 Å². The Morgan fingerprint density at radius 3 is 2.33 bits per heavy atom. The highest BCUT2D eigenvalue weighted by molar-refractivity contribution is 5.73. The average Bonchev–Trinajstić information content (AvgIpc) is 2.34. The van der Waals surface area contributed by atoms with Gasteiger partial charge >= 0.3 is 5.97 Å². The van der Waals surface area contributed by atoms with Gasteiger partial charge in [-0.2, -0.15) is 0 Å². The van der Waals surface area contributed by atoms with Gasteiger partial charge < -0.3 is 9.84 Å². The fourth-order valence-corrected chi connectivity index (χ4v) is 2.16. The summed E-state index contributed by atoms with van der Waals surface area (Å²) in [6.07, 6.45) is 1.34. The van der Waals surface area contributed by atoms with Crippen LogP contribution < -0.4 is 4.74 Å². The normalized spacial score (nSPS) is 12.3. The van der Waals surface area contributed by atoms with Crippen molar-refractivity contribution in [1.82, 2.24) is 0 Å². The molecule has 0 aliphatic rings. The number of aliphatic carboxylic acids is 1. The standard InChI is InChI=1S/C18H28O3/c1-13-8-9-15(14(12-13)17(2,3)4)21-11-7-10-18(5,6)16(19)20/h8-9,12H,7,10-11H2,1-6H3,(H,19,20). The Bertz CT molecular complexity index is 496. The first-order valence-corrected chi connectivity index (χ1v) is 7.51. The van der Waals surface area contributed by atoms with Crippen molar-refractivity contribution in [3.8, 4) is 5.75 Å². The predicted octanol–water partition coefficient (Wildman–Crippen LogP) is 4.56. The van der Waals surface area contributed by atoms with Crippen molar-refractivity contribution in [3.63, 3.8) is 0 Å². The summed E-state index contributed by atoms with van der Waals surface area (Å²) < 4.78 is 5.90. The molecule has 0 fully saturated rings. The molecule has 0 aliphatic carbocycles. The van der Waals surface area contributed by atoms with Crippen LogP contribution in [0.5, 0.6) is 5.75 Å². The van der Waals surface area contributed by atoms with Crippen molar-refractivity contribution in [2.24, 2.45) is 5.41 Å². The molecule has 3 heteroatoms. The molecule has 0 saturated heterocycles. The maximum atomic E-state index is 11.1. The number of aryl methyl sites for hydroxylation is 1. The van der Waals surface area contributed by atoms with Crippen LogP contribution >= 0.6 is 0 Å². The van der Waals surface area contributed by atoms with E-state index in [9.17, 15) is 4.79 Å². The van der Waals surface area contributed by atoms with Crippen LogP contribution in [0.4, 0.5) is 0 Å². The van der Waals surface area contributed by atoms with E-state index in [1.165, 1.54) is 11.1 Å². The lowest BCUT2D eigenvalue weighted by Gasteiger charge is -2.24. The number of rotatable bonds is 6. The third-order valence-corrected chi connectivity index (χ3v) is 3.73. The summed E-state index contributed by atoms with van der Waals surface area (Å²) in [4.78, 5) is 11.1. The zero-order valence-electron chi connectivity index (χ0n) is 14.1. The quantitative estimate of drug-likeness (QED) is 0.782. The Morgan fingerprint density at radius 2 is 1.81 bits per heavy atom. The number of carboxylic acids is 1. The van der Waals surface area contributed by atoms with E-state index in [1.54, 1.807) is 13.8 Å². The van der Waals surface area contributed by atoms with Gasteiger partial charge in [0.15, 0.2) is 0 Å². The van der Waals surface area contributed by atoms with E-state index in [0.29, 0.717) is 13.0 Å². The Hall–Kier alpha value is -1.51. The van der Waals surface area contributed by atoms with E-state index in [0.717, 1.165) is 12.2 Å². The molecule has 0 saturated carbocycles. The second kappa shape index (κ2) is 6.50. The fourth-order valence-electron chi connectivity index (χ4n) is 2.16. The SMILES string of the molecule is Cc1ccc(OCCCC(C)(C)C(=O)O)c(C(C)(C)C)c1. The van der Waals surface area contributed by atoms with E-state index < -0.39 is 11.4 Å². The average molecular weight is 292 g/mol. The lowest BCUT2D eigenvalue weighted by atomic mass is 9.85. The highest BCUT2D eigenvalue weighted by atomic mass is 16.5. The summed E-state index contributed by atoms with van der Waals surface area (Å²) in [6.45, 7) is 12.6. The van der Waals surface area contributed by atoms with Crippen LogP contribution in [0, 0.1) is 12.3 Å². The molecule has 0 spiro atoms. The van der Waals surface area contributed by atoms with Gasteiger partial charge in [-0.3, -0.25) is 4.79 Å². The molecule has 118 valence electrons. The second-order valence-electron chi connectivity index (χ2n) is 7.39. The fraction of sp³-hybridized carbons (Fsp3) is 0.611. The highest BCUT2D eigenvalue weighted by Crippen LogP contribution is 2.32. The number of carboxylic acid groups (broad SMARTS) is 1. The van der Waals surface area contributed by atoms with Crippen LogP contribution in [0.15, 0.2) is 18.2 Å². The third kappa shape index (κ3) is 5.07. The Labute approximate surface area is 128 Å². The van der Waals surface area contributed by atoms with E-state index in [4.69, 9.17) is 9.84 Å². The first-order chi connectivity index (χ1) is 9.54. The molecule has 1 aromatic rings. The smallest absolute Gasteiger partial charge is 0.309 e. The van der Waals surface area contributed by atoms with Gasteiger partial charge in [0.1, 0.15) is 5.75 Å². The topological polar surface area (TPSA) is 46.5 Å². The van der Waals surface area contributed by atoms with E-state index in [2.05, 4.69) is 33.8 Å². The van der Waals surface area contributed by atoms with Gasteiger partial charge in [-0.25, -0.2) is 0 Å². The molecule has 0 aromatic heterocycles. The molecule has 0 amide bonds.